The summed E-state index contributed by atoms with van der Waals surface area (Å²) < 4.78 is 6.94. The molecule has 0 unspecified atom stereocenters. The lowest BCUT2D eigenvalue weighted by Gasteiger charge is -2.09. The van der Waals surface area contributed by atoms with Crippen molar-refractivity contribution >= 4 is 11.6 Å². The van der Waals surface area contributed by atoms with Gasteiger partial charge >= 0.3 is 0 Å². The van der Waals surface area contributed by atoms with Crippen molar-refractivity contribution < 1.29 is 9.53 Å². The molecule has 2 rings (SSSR count). The molecule has 0 saturated heterocycles. The van der Waals surface area contributed by atoms with Gasteiger partial charge in [0.2, 0.25) is 0 Å². The molecule has 4 N–H and O–H groups in total. The third kappa shape index (κ3) is 2.27. The molecule has 94 valence electrons. The van der Waals surface area contributed by atoms with Gasteiger partial charge in [0.05, 0.1) is 18.0 Å². The summed E-state index contributed by atoms with van der Waals surface area (Å²) in [5.74, 6) is 0.0281. The number of benzene rings is 1. The number of hydrogen-bond acceptors (Lipinski definition) is 4. The van der Waals surface area contributed by atoms with Crippen LogP contribution < -0.4 is 16.2 Å². The number of aromatic nitrogens is 2. The van der Waals surface area contributed by atoms with Gasteiger partial charge in [-0.15, -0.1) is 0 Å². The molecule has 1 aromatic heterocycles. The first-order valence-electron chi connectivity index (χ1n) is 5.50. The number of rotatable bonds is 4. The SMILES string of the molecule is CCOc1cc(-n2ccc(C(N)=O)n2)ccc1N. The zero-order valence-electron chi connectivity index (χ0n) is 9.96. The molecule has 0 saturated carbocycles. The minimum Gasteiger partial charge on any atom is -0.492 e. The molecule has 1 heterocycles. The fraction of sp³-hybridized carbons (Fsp3) is 0.167. The molecule has 0 aliphatic rings. The van der Waals surface area contributed by atoms with E-state index in [9.17, 15) is 4.79 Å². The summed E-state index contributed by atoms with van der Waals surface area (Å²) in [6.45, 7) is 2.41. The van der Waals surface area contributed by atoms with Crippen molar-refractivity contribution in [1.82, 2.24) is 9.78 Å². The Morgan fingerprint density at radius 2 is 2.22 bits per heavy atom. The van der Waals surface area contributed by atoms with Crippen LogP contribution in [-0.4, -0.2) is 22.3 Å². The molecule has 0 radical (unpaired) electrons. The molecule has 6 heteroatoms. The highest BCUT2D eigenvalue weighted by Crippen LogP contribution is 2.24. The lowest BCUT2D eigenvalue weighted by molar-refractivity contribution is 0.0995. The number of carbonyl (C=O) groups excluding carboxylic acids is 1. The molecule has 0 bridgehead atoms. The molecule has 1 amide bonds. The Hall–Kier alpha value is -2.50. The van der Waals surface area contributed by atoms with Crippen molar-refractivity contribution in [2.24, 2.45) is 5.73 Å². The van der Waals surface area contributed by atoms with Crippen molar-refractivity contribution in [3.05, 3.63) is 36.2 Å². The van der Waals surface area contributed by atoms with Crippen molar-refractivity contribution in [1.29, 1.82) is 0 Å². The minimum atomic E-state index is -0.561. The average molecular weight is 246 g/mol. The number of hydrogen-bond donors (Lipinski definition) is 2. The van der Waals surface area contributed by atoms with Gasteiger partial charge in [-0.3, -0.25) is 4.79 Å². The van der Waals surface area contributed by atoms with Crippen molar-refractivity contribution in [2.45, 2.75) is 6.92 Å². The van der Waals surface area contributed by atoms with Crippen molar-refractivity contribution in [3.8, 4) is 11.4 Å². The van der Waals surface area contributed by atoms with Gasteiger partial charge in [0.25, 0.3) is 5.91 Å². The summed E-state index contributed by atoms with van der Waals surface area (Å²) in [6, 6.07) is 6.83. The molecule has 0 spiro atoms. The van der Waals surface area contributed by atoms with Gasteiger partial charge in [0, 0.05) is 12.3 Å². The quantitative estimate of drug-likeness (QED) is 0.785. The monoisotopic (exact) mass is 246 g/mol. The molecule has 6 nitrogen and oxygen atoms in total. The van der Waals surface area contributed by atoms with E-state index in [1.807, 2.05) is 6.92 Å². The standard InChI is InChI=1S/C12H14N4O2/c1-2-18-11-7-8(3-4-9(11)13)16-6-5-10(15-16)12(14)17/h3-7H,2,13H2,1H3,(H2,14,17). The van der Waals surface area contributed by atoms with Crippen LogP contribution in [0.15, 0.2) is 30.5 Å². The maximum Gasteiger partial charge on any atom is 0.269 e. The van der Waals surface area contributed by atoms with Crippen LogP contribution in [0.1, 0.15) is 17.4 Å². The minimum absolute atomic E-state index is 0.213. The van der Waals surface area contributed by atoms with Gasteiger partial charge in [-0.05, 0) is 25.1 Å². The van der Waals surface area contributed by atoms with Crippen LogP contribution in [0.25, 0.3) is 5.69 Å². The van der Waals surface area contributed by atoms with Crippen LogP contribution in [0.4, 0.5) is 5.69 Å². The van der Waals surface area contributed by atoms with Crippen molar-refractivity contribution in [3.63, 3.8) is 0 Å². The van der Waals surface area contributed by atoms with Gasteiger partial charge < -0.3 is 16.2 Å². The number of ether oxygens (including phenoxy) is 1. The first kappa shape index (κ1) is 12.0. The maximum atomic E-state index is 11.0. The zero-order valence-corrected chi connectivity index (χ0v) is 9.96. The number of nitrogens with zero attached hydrogens (tertiary/aromatic N) is 2. The Labute approximate surface area is 104 Å². The Morgan fingerprint density at radius 1 is 1.44 bits per heavy atom. The Kier molecular flexibility index (Phi) is 3.18. The lowest BCUT2D eigenvalue weighted by atomic mass is 10.2. The molecule has 18 heavy (non-hydrogen) atoms. The first-order chi connectivity index (χ1) is 8.61. The van der Waals surface area contributed by atoms with E-state index in [0.29, 0.717) is 18.0 Å². The van der Waals surface area contributed by atoms with E-state index in [4.69, 9.17) is 16.2 Å². The topological polar surface area (TPSA) is 96.2 Å². The van der Waals surface area contributed by atoms with Gasteiger partial charge in [0.1, 0.15) is 11.4 Å². The van der Waals surface area contributed by atoms with E-state index in [1.165, 1.54) is 0 Å². The summed E-state index contributed by atoms with van der Waals surface area (Å²) >= 11 is 0. The van der Waals surface area contributed by atoms with E-state index in [1.54, 1.807) is 35.1 Å². The fourth-order valence-corrected chi connectivity index (χ4v) is 1.55. The second-order valence-electron chi connectivity index (χ2n) is 3.66. The maximum absolute atomic E-state index is 11.0. The Morgan fingerprint density at radius 3 is 2.83 bits per heavy atom. The Balaban J connectivity index is 2.37. The zero-order chi connectivity index (χ0) is 13.1. The predicted octanol–water partition coefficient (Wildman–Crippen LogP) is 0.952. The lowest BCUT2D eigenvalue weighted by Crippen LogP contribution is -2.12. The highest BCUT2D eigenvalue weighted by atomic mass is 16.5. The van der Waals surface area contributed by atoms with E-state index in [0.717, 1.165) is 5.69 Å². The third-order valence-electron chi connectivity index (χ3n) is 2.40. The van der Waals surface area contributed by atoms with Gasteiger partial charge in [0.15, 0.2) is 0 Å². The summed E-state index contributed by atoms with van der Waals surface area (Å²) in [6.07, 6.45) is 1.65. The summed E-state index contributed by atoms with van der Waals surface area (Å²) in [4.78, 5) is 11.0. The van der Waals surface area contributed by atoms with E-state index < -0.39 is 5.91 Å². The van der Waals surface area contributed by atoms with Crippen LogP contribution in [0, 0.1) is 0 Å². The molecular formula is C12H14N4O2. The van der Waals surface area contributed by atoms with Crippen molar-refractivity contribution in [2.75, 3.05) is 12.3 Å². The first-order valence-corrected chi connectivity index (χ1v) is 5.50. The second kappa shape index (κ2) is 4.79. The number of carbonyl (C=O) groups is 1. The molecule has 2 aromatic rings. The fourth-order valence-electron chi connectivity index (χ4n) is 1.55. The number of anilines is 1. The molecule has 0 atom stereocenters. The highest BCUT2D eigenvalue weighted by Gasteiger charge is 2.08. The molecule has 0 aliphatic heterocycles. The van der Waals surface area contributed by atoms with E-state index in [-0.39, 0.29) is 5.69 Å². The molecular weight excluding hydrogens is 232 g/mol. The van der Waals surface area contributed by atoms with Gasteiger partial charge in [-0.1, -0.05) is 0 Å². The van der Waals surface area contributed by atoms with E-state index >= 15 is 0 Å². The third-order valence-corrected chi connectivity index (χ3v) is 2.40. The molecule has 0 fully saturated rings. The van der Waals surface area contributed by atoms with Crippen LogP contribution in [0.5, 0.6) is 5.75 Å². The Bertz CT molecular complexity index is 577. The van der Waals surface area contributed by atoms with E-state index in [2.05, 4.69) is 5.10 Å². The number of amides is 1. The van der Waals surface area contributed by atoms with Crippen LogP contribution in [0.2, 0.25) is 0 Å². The largest absolute Gasteiger partial charge is 0.492 e. The summed E-state index contributed by atoms with van der Waals surface area (Å²) in [5, 5.41) is 4.06. The van der Waals surface area contributed by atoms with Crippen LogP contribution in [-0.2, 0) is 0 Å². The van der Waals surface area contributed by atoms with Gasteiger partial charge in [-0.25, -0.2) is 4.68 Å². The van der Waals surface area contributed by atoms with Gasteiger partial charge in [-0.2, -0.15) is 5.10 Å². The predicted molar refractivity (Wildman–Crippen MR) is 67.7 cm³/mol. The molecule has 1 aromatic carbocycles. The summed E-state index contributed by atoms with van der Waals surface area (Å²) in [5.41, 5.74) is 12.4. The average Bonchev–Trinajstić information content (AvgIpc) is 2.82. The molecule has 0 aliphatic carbocycles. The summed E-state index contributed by atoms with van der Waals surface area (Å²) in [7, 11) is 0. The highest BCUT2D eigenvalue weighted by molar-refractivity contribution is 5.90. The number of nitrogen functional groups attached to an aromatic ring is 1. The van der Waals surface area contributed by atoms with Crippen LogP contribution >= 0.6 is 0 Å². The number of primary amides is 1. The normalized spacial score (nSPS) is 10.3. The second-order valence-corrected chi connectivity index (χ2v) is 3.66. The smallest absolute Gasteiger partial charge is 0.269 e. The number of nitrogens with two attached hydrogens (primary N) is 2. The van der Waals surface area contributed by atoms with Crippen LogP contribution in [0.3, 0.4) is 0 Å².